The number of benzene rings is 1. The molecule has 0 fully saturated rings. The fourth-order valence-electron chi connectivity index (χ4n) is 3.88. The van der Waals surface area contributed by atoms with Gasteiger partial charge in [0.1, 0.15) is 17.0 Å². The number of nitrogens with one attached hydrogen (secondary N) is 2. The third kappa shape index (κ3) is 5.92. The third-order valence-electron chi connectivity index (χ3n) is 5.51. The molecule has 0 radical (unpaired) electrons. The van der Waals surface area contributed by atoms with Crippen molar-refractivity contribution in [1.82, 2.24) is 10.3 Å². The Bertz CT molecular complexity index is 1200. The molecule has 0 saturated heterocycles. The van der Waals surface area contributed by atoms with Crippen LogP contribution in [-0.4, -0.2) is 40.1 Å². The number of hydrogen-bond donors (Lipinski definition) is 2. The zero-order valence-corrected chi connectivity index (χ0v) is 20.7. The molecule has 8 nitrogen and oxygen atoms in total. The summed E-state index contributed by atoms with van der Waals surface area (Å²) in [7, 11) is 0. The highest BCUT2D eigenvalue weighted by atomic mass is 32.2. The van der Waals surface area contributed by atoms with E-state index in [-0.39, 0.29) is 5.69 Å². The Balaban J connectivity index is 1.56. The number of carbonyl (C=O) groups is 2. The van der Waals surface area contributed by atoms with Crippen LogP contribution in [0.1, 0.15) is 55.2 Å². The first-order valence-corrected chi connectivity index (χ1v) is 12.2. The summed E-state index contributed by atoms with van der Waals surface area (Å²) in [6, 6.07) is 6.93. The van der Waals surface area contributed by atoms with E-state index in [1.165, 1.54) is 11.8 Å². The van der Waals surface area contributed by atoms with Crippen molar-refractivity contribution < 1.29 is 32.2 Å². The second kappa shape index (κ2) is 9.64. The monoisotopic (exact) mass is 522 g/mol. The number of anilines is 1. The fraction of sp³-hybridized carbons (Fsp3) is 0.417. The van der Waals surface area contributed by atoms with Gasteiger partial charge >= 0.3 is 12.3 Å². The minimum absolute atomic E-state index is 0.150. The van der Waals surface area contributed by atoms with Crippen LogP contribution in [0, 0.1) is 0 Å². The number of ether oxygens (including phenoxy) is 2. The predicted molar refractivity (Wildman–Crippen MR) is 129 cm³/mol. The normalized spacial score (nSPS) is 19.6. The summed E-state index contributed by atoms with van der Waals surface area (Å²) >= 11 is 1.41. The molecule has 2 N–H and O–H groups in total. The molecule has 2 aliphatic heterocycles. The summed E-state index contributed by atoms with van der Waals surface area (Å²) in [5.74, 6) is 0.656. The highest BCUT2D eigenvalue weighted by Crippen LogP contribution is 2.46. The molecular formula is C24H25F3N4O4S. The molecule has 2 amide bonds. The van der Waals surface area contributed by atoms with Crippen LogP contribution in [0.3, 0.4) is 0 Å². The Morgan fingerprint density at radius 1 is 1.11 bits per heavy atom. The highest BCUT2D eigenvalue weighted by Gasteiger charge is 2.40. The molecule has 1 aromatic heterocycles. The van der Waals surface area contributed by atoms with Crippen molar-refractivity contribution in [2.24, 2.45) is 4.99 Å². The minimum atomic E-state index is -4.54. The number of aromatic nitrogens is 1. The Labute approximate surface area is 210 Å². The SMILES string of the molecule is CC(C)(C)OC(=O)NC1=NC2(CCOc3ccc(NC(=O)c4ccc(C(F)(F)F)cn4)cc32)CCS1. The number of amidine groups is 1. The lowest BCUT2D eigenvalue weighted by Gasteiger charge is -2.38. The number of nitrogens with zero attached hydrogens (tertiary/aromatic N) is 2. The second-order valence-corrected chi connectivity index (χ2v) is 10.5. The number of aliphatic imine (C=N–C) groups is 1. The number of rotatable bonds is 2. The molecule has 2 aromatic rings. The summed E-state index contributed by atoms with van der Waals surface area (Å²) in [5, 5.41) is 5.83. The van der Waals surface area contributed by atoms with Gasteiger partial charge < -0.3 is 14.8 Å². The first-order chi connectivity index (χ1) is 16.8. The lowest BCUT2D eigenvalue weighted by atomic mass is 9.82. The van der Waals surface area contributed by atoms with Gasteiger partial charge in [0.2, 0.25) is 0 Å². The number of thioether (sulfide) groups is 1. The van der Waals surface area contributed by atoms with Crippen LogP contribution in [0.4, 0.5) is 23.7 Å². The number of fused-ring (bicyclic) bond motifs is 2. The summed E-state index contributed by atoms with van der Waals surface area (Å²) in [6.45, 7) is 5.75. The van der Waals surface area contributed by atoms with Crippen LogP contribution in [0.5, 0.6) is 5.75 Å². The molecule has 0 bridgehead atoms. The van der Waals surface area contributed by atoms with Gasteiger partial charge in [0.25, 0.3) is 5.91 Å². The van der Waals surface area contributed by atoms with Crippen molar-refractivity contribution in [3.05, 3.63) is 53.3 Å². The van der Waals surface area contributed by atoms with E-state index in [9.17, 15) is 22.8 Å². The number of alkyl halides is 3. The molecule has 4 rings (SSSR count). The molecule has 3 heterocycles. The van der Waals surface area contributed by atoms with Crippen molar-refractivity contribution in [3.8, 4) is 5.75 Å². The van der Waals surface area contributed by atoms with Crippen LogP contribution in [0.15, 0.2) is 41.5 Å². The smallest absolute Gasteiger partial charge is 0.417 e. The molecule has 192 valence electrons. The van der Waals surface area contributed by atoms with E-state index in [2.05, 4.69) is 15.6 Å². The number of alkyl carbamates (subject to hydrolysis) is 1. The van der Waals surface area contributed by atoms with Gasteiger partial charge in [-0.2, -0.15) is 13.2 Å². The van der Waals surface area contributed by atoms with Gasteiger partial charge in [-0.3, -0.25) is 20.1 Å². The van der Waals surface area contributed by atoms with E-state index in [4.69, 9.17) is 14.5 Å². The topological polar surface area (TPSA) is 102 Å². The van der Waals surface area contributed by atoms with E-state index in [1.54, 1.807) is 39.0 Å². The standard InChI is InChI=1S/C24H25F3N4O4S/c1-22(2,3)35-21(33)30-20-31-23(9-11-36-20)8-10-34-18-7-5-15(12-16(18)23)29-19(32)17-6-4-14(13-28-17)24(25,26)27/h4-7,12-13H,8-11H2,1-3H3,(H,29,32)(H,30,31,33). The fourth-order valence-corrected chi connectivity index (χ4v) is 4.91. The third-order valence-corrected chi connectivity index (χ3v) is 6.39. The van der Waals surface area contributed by atoms with E-state index in [1.807, 2.05) is 0 Å². The summed E-state index contributed by atoms with van der Waals surface area (Å²) < 4.78 is 49.5. The van der Waals surface area contributed by atoms with E-state index in [0.29, 0.717) is 48.0 Å². The van der Waals surface area contributed by atoms with Gasteiger partial charge in [-0.1, -0.05) is 11.8 Å². The average Bonchev–Trinajstić information content (AvgIpc) is 2.78. The largest absolute Gasteiger partial charge is 0.493 e. The molecule has 12 heteroatoms. The van der Waals surface area contributed by atoms with E-state index in [0.717, 1.165) is 17.7 Å². The molecular weight excluding hydrogens is 497 g/mol. The zero-order chi connectivity index (χ0) is 26.1. The lowest BCUT2D eigenvalue weighted by Crippen LogP contribution is -2.41. The minimum Gasteiger partial charge on any atom is -0.493 e. The van der Waals surface area contributed by atoms with Crippen LogP contribution in [0.2, 0.25) is 0 Å². The quantitative estimate of drug-likeness (QED) is 0.552. The lowest BCUT2D eigenvalue weighted by molar-refractivity contribution is -0.137. The highest BCUT2D eigenvalue weighted by molar-refractivity contribution is 8.13. The molecule has 1 atom stereocenters. The van der Waals surface area contributed by atoms with Gasteiger partial charge in [0.05, 0.1) is 17.7 Å². The summed E-state index contributed by atoms with van der Waals surface area (Å²) in [5.41, 5.74) is -1.24. The van der Waals surface area contributed by atoms with Gasteiger partial charge in [0.15, 0.2) is 5.17 Å². The number of hydrogen-bond acceptors (Lipinski definition) is 7. The molecule has 1 aromatic carbocycles. The molecule has 36 heavy (non-hydrogen) atoms. The van der Waals surface area contributed by atoms with E-state index >= 15 is 0 Å². The van der Waals surface area contributed by atoms with Crippen molar-refractivity contribution in [2.45, 2.75) is 50.9 Å². The van der Waals surface area contributed by atoms with Crippen LogP contribution < -0.4 is 15.4 Å². The summed E-state index contributed by atoms with van der Waals surface area (Å²) in [4.78, 5) is 33.4. The number of carbonyl (C=O) groups excluding carboxylic acids is 2. The molecule has 1 unspecified atom stereocenters. The molecule has 2 aliphatic rings. The van der Waals surface area contributed by atoms with Crippen molar-refractivity contribution in [1.29, 1.82) is 0 Å². The number of amides is 2. The van der Waals surface area contributed by atoms with Crippen molar-refractivity contribution in [3.63, 3.8) is 0 Å². The molecule has 1 spiro atoms. The average molecular weight is 523 g/mol. The zero-order valence-electron chi connectivity index (χ0n) is 19.9. The van der Waals surface area contributed by atoms with Crippen LogP contribution in [0.25, 0.3) is 0 Å². The first-order valence-electron chi connectivity index (χ1n) is 11.2. The van der Waals surface area contributed by atoms with Crippen molar-refractivity contribution >= 4 is 34.6 Å². The number of pyridine rings is 1. The van der Waals surface area contributed by atoms with Crippen molar-refractivity contribution in [2.75, 3.05) is 17.7 Å². The van der Waals surface area contributed by atoms with Gasteiger partial charge in [-0.05, 0) is 57.5 Å². The Hall–Kier alpha value is -3.28. The van der Waals surface area contributed by atoms with E-state index < -0.39 is 34.9 Å². The first kappa shape index (κ1) is 25.8. The Kier molecular flexibility index (Phi) is 6.91. The van der Waals surface area contributed by atoms with Crippen LogP contribution >= 0.6 is 11.8 Å². The number of halogens is 3. The summed E-state index contributed by atoms with van der Waals surface area (Å²) in [6.07, 6.45) is -3.25. The maximum atomic E-state index is 12.8. The van der Waals surface area contributed by atoms with Gasteiger partial charge in [-0.25, -0.2) is 4.79 Å². The maximum Gasteiger partial charge on any atom is 0.417 e. The Morgan fingerprint density at radius 2 is 1.89 bits per heavy atom. The van der Waals surface area contributed by atoms with Gasteiger partial charge in [0, 0.05) is 29.6 Å². The Morgan fingerprint density at radius 3 is 2.56 bits per heavy atom. The molecule has 0 aliphatic carbocycles. The predicted octanol–water partition coefficient (Wildman–Crippen LogP) is 5.35. The van der Waals surface area contributed by atoms with Gasteiger partial charge in [-0.15, -0.1) is 0 Å². The second-order valence-electron chi connectivity index (χ2n) is 9.37. The molecule has 0 saturated carbocycles. The van der Waals surface area contributed by atoms with Crippen LogP contribution in [-0.2, 0) is 16.5 Å². The maximum absolute atomic E-state index is 12.8.